The number of aromatic carboxylic acids is 1. The molecule has 0 spiro atoms. The largest absolute Gasteiger partial charge is 0.478 e. The molecule has 0 aromatic carbocycles. The molecule has 0 atom stereocenters. The molecule has 1 aliphatic heterocycles. The molecule has 1 aromatic rings. The van der Waals surface area contributed by atoms with Crippen LogP contribution in [0.5, 0.6) is 0 Å². The van der Waals surface area contributed by atoms with E-state index < -0.39 is 5.97 Å². The number of nitrogens with zero attached hydrogens (tertiary/aromatic N) is 3. The molecule has 5 nitrogen and oxygen atoms in total. The smallest absolute Gasteiger partial charge is 0.339 e. The normalized spacial score (nSPS) is 16.9. The van der Waals surface area contributed by atoms with E-state index in [4.69, 9.17) is 0 Å². The van der Waals surface area contributed by atoms with Gasteiger partial charge in [-0.1, -0.05) is 0 Å². The molecule has 0 amide bonds. The van der Waals surface area contributed by atoms with Gasteiger partial charge in [0, 0.05) is 29.8 Å². The molecule has 1 saturated heterocycles. The van der Waals surface area contributed by atoms with E-state index in [2.05, 4.69) is 44.8 Å². The van der Waals surface area contributed by atoms with Crippen molar-refractivity contribution in [3.8, 4) is 0 Å². The van der Waals surface area contributed by atoms with E-state index >= 15 is 0 Å². The van der Waals surface area contributed by atoms with E-state index in [0.717, 1.165) is 25.9 Å². The minimum absolute atomic E-state index is 0.262. The number of carbonyl (C=O) groups is 1. The van der Waals surface area contributed by atoms with Crippen molar-refractivity contribution in [2.24, 2.45) is 0 Å². The number of anilines is 1. The maximum absolute atomic E-state index is 11.3. The maximum atomic E-state index is 11.3. The Hall–Kier alpha value is -1.14. The van der Waals surface area contributed by atoms with Gasteiger partial charge in [-0.15, -0.1) is 0 Å². The molecule has 6 heteroatoms. The van der Waals surface area contributed by atoms with Gasteiger partial charge in [-0.3, -0.25) is 0 Å². The maximum Gasteiger partial charge on any atom is 0.339 e. The van der Waals surface area contributed by atoms with Gasteiger partial charge in [0.05, 0.1) is 0 Å². The predicted octanol–water partition coefficient (Wildman–Crippen LogP) is 2.07. The molecular weight excluding hydrogens is 310 g/mol. The number of carboxylic acid groups (broad SMARTS) is 1. The first kappa shape index (κ1) is 14.3. The van der Waals surface area contributed by atoms with Crippen molar-refractivity contribution >= 4 is 27.7 Å². The van der Waals surface area contributed by atoms with Gasteiger partial charge in [-0.2, -0.15) is 0 Å². The van der Waals surface area contributed by atoms with Gasteiger partial charge in [0.15, 0.2) is 0 Å². The average molecular weight is 328 g/mol. The summed E-state index contributed by atoms with van der Waals surface area (Å²) in [6.45, 7) is 1.69. The summed E-state index contributed by atoms with van der Waals surface area (Å²) in [6, 6.07) is 2.18. The second-order valence-electron chi connectivity index (χ2n) is 5.01. The van der Waals surface area contributed by atoms with Crippen LogP contribution in [0, 0.1) is 0 Å². The molecule has 0 saturated carbocycles. The fourth-order valence-corrected chi connectivity index (χ4v) is 2.77. The number of rotatable bonds is 3. The highest BCUT2D eigenvalue weighted by Crippen LogP contribution is 2.25. The number of hydrogen-bond acceptors (Lipinski definition) is 4. The van der Waals surface area contributed by atoms with Crippen LogP contribution in [0.25, 0.3) is 0 Å². The van der Waals surface area contributed by atoms with Crippen LogP contribution in [-0.2, 0) is 0 Å². The average Bonchev–Trinajstić information content (AvgIpc) is 2.38. The summed E-state index contributed by atoms with van der Waals surface area (Å²) in [6.07, 6.45) is 3.72. The first-order valence-electron chi connectivity index (χ1n) is 6.29. The Balaban J connectivity index is 2.17. The van der Waals surface area contributed by atoms with Crippen molar-refractivity contribution in [1.82, 2.24) is 9.88 Å². The second-order valence-corrected chi connectivity index (χ2v) is 5.93. The Labute approximate surface area is 121 Å². The number of carboxylic acids is 1. The van der Waals surface area contributed by atoms with Crippen LogP contribution in [0.3, 0.4) is 0 Å². The van der Waals surface area contributed by atoms with E-state index in [9.17, 15) is 9.90 Å². The minimum atomic E-state index is -0.932. The molecule has 1 aromatic heterocycles. The second kappa shape index (κ2) is 5.88. The highest BCUT2D eigenvalue weighted by atomic mass is 79.9. The summed E-state index contributed by atoms with van der Waals surface area (Å²) in [5.74, 6) is -0.355. The Morgan fingerprint density at radius 1 is 1.47 bits per heavy atom. The Bertz CT molecular complexity index is 471. The Kier molecular flexibility index (Phi) is 4.42. The van der Waals surface area contributed by atoms with Gasteiger partial charge < -0.3 is 14.9 Å². The molecule has 1 aliphatic rings. The molecule has 104 valence electrons. The third-order valence-corrected chi connectivity index (χ3v) is 3.99. The van der Waals surface area contributed by atoms with Gasteiger partial charge in [0.2, 0.25) is 0 Å². The molecule has 2 rings (SSSR count). The topological polar surface area (TPSA) is 56.7 Å². The van der Waals surface area contributed by atoms with Gasteiger partial charge in [-0.25, -0.2) is 9.78 Å². The molecule has 19 heavy (non-hydrogen) atoms. The van der Waals surface area contributed by atoms with E-state index in [0.29, 0.717) is 16.3 Å². The monoisotopic (exact) mass is 327 g/mol. The summed E-state index contributed by atoms with van der Waals surface area (Å²) in [7, 11) is 4.17. The lowest BCUT2D eigenvalue weighted by atomic mass is 10.0. The highest BCUT2D eigenvalue weighted by molar-refractivity contribution is 9.10. The van der Waals surface area contributed by atoms with Gasteiger partial charge in [0.1, 0.15) is 11.4 Å². The number of piperidine rings is 1. The summed E-state index contributed by atoms with van der Waals surface area (Å²) in [5, 5.41) is 9.27. The number of halogens is 1. The SMILES string of the molecule is CN(C)C1CCN(c2ncc(Br)cc2C(=O)O)CC1. The molecule has 1 N–H and O–H groups in total. The standard InChI is InChI=1S/C13H18BrN3O2/c1-16(2)10-3-5-17(6-4-10)12-11(13(18)19)7-9(14)8-15-12/h7-8,10H,3-6H2,1-2H3,(H,18,19). The summed E-state index contributed by atoms with van der Waals surface area (Å²) in [5.41, 5.74) is 0.262. The van der Waals surface area contributed by atoms with E-state index in [-0.39, 0.29) is 5.56 Å². The van der Waals surface area contributed by atoms with E-state index in [1.807, 2.05) is 0 Å². The zero-order chi connectivity index (χ0) is 14.0. The molecule has 0 unspecified atom stereocenters. The molecular formula is C13H18BrN3O2. The Morgan fingerprint density at radius 3 is 2.63 bits per heavy atom. The fourth-order valence-electron chi connectivity index (χ4n) is 2.44. The van der Waals surface area contributed by atoms with E-state index in [1.54, 1.807) is 12.3 Å². The third kappa shape index (κ3) is 3.25. The van der Waals surface area contributed by atoms with Crippen LogP contribution in [-0.4, -0.2) is 54.2 Å². The quantitative estimate of drug-likeness (QED) is 0.921. The van der Waals surface area contributed by atoms with Crippen LogP contribution < -0.4 is 4.90 Å². The first-order chi connectivity index (χ1) is 8.99. The summed E-state index contributed by atoms with van der Waals surface area (Å²) >= 11 is 3.27. The zero-order valence-corrected chi connectivity index (χ0v) is 12.7. The number of pyridine rings is 1. The van der Waals surface area contributed by atoms with Gasteiger partial charge >= 0.3 is 5.97 Å². The summed E-state index contributed by atoms with van der Waals surface area (Å²) in [4.78, 5) is 19.9. The van der Waals surface area contributed by atoms with Crippen molar-refractivity contribution in [1.29, 1.82) is 0 Å². The van der Waals surface area contributed by atoms with Crippen LogP contribution in [0.4, 0.5) is 5.82 Å². The lowest BCUT2D eigenvalue weighted by Gasteiger charge is -2.36. The van der Waals surface area contributed by atoms with Gasteiger partial charge in [-0.05, 0) is 48.9 Å². The van der Waals surface area contributed by atoms with Crippen molar-refractivity contribution < 1.29 is 9.90 Å². The molecule has 0 aliphatic carbocycles. The lowest BCUT2D eigenvalue weighted by molar-refractivity contribution is 0.0697. The van der Waals surface area contributed by atoms with Crippen LogP contribution >= 0.6 is 15.9 Å². The van der Waals surface area contributed by atoms with E-state index in [1.165, 1.54) is 0 Å². The van der Waals surface area contributed by atoms with Gasteiger partial charge in [0.25, 0.3) is 0 Å². The number of hydrogen-bond donors (Lipinski definition) is 1. The molecule has 0 bridgehead atoms. The zero-order valence-electron chi connectivity index (χ0n) is 11.1. The third-order valence-electron chi connectivity index (χ3n) is 3.56. The van der Waals surface area contributed by atoms with Crippen molar-refractivity contribution in [2.75, 3.05) is 32.1 Å². The number of aromatic nitrogens is 1. The van der Waals surface area contributed by atoms with Crippen molar-refractivity contribution in [3.63, 3.8) is 0 Å². The first-order valence-corrected chi connectivity index (χ1v) is 7.08. The van der Waals surface area contributed by atoms with Crippen LogP contribution in [0.15, 0.2) is 16.7 Å². The fraction of sp³-hybridized carbons (Fsp3) is 0.538. The minimum Gasteiger partial charge on any atom is -0.478 e. The molecule has 1 fully saturated rings. The highest BCUT2D eigenvalue weighted by Gasteiger charge is 2.24. The molecule has 2 heterocycles. The lowest BCUT2D eigenvalue weighted by Crippen LogP contribution is -2.42. The van der Waals surface area contributed by atoms with Crippen molar-refractivity contribution in [2.45, 2.75) is 18.9 Å². The van der Waals surface area contributed by atoms with Crippen LogP contribution in [0.2, 0.25) is 0 Å². The Morgan fingerprint density at radius 2 is 2.11 bits per heavy atom. The predicted molar refractivity (Wildman–Crippen MR) is 77.8 cm³/mol. The van der Waals surface area contributed by atoms with Crippen molar-refractivity contribution in [3.05, 3.63) is 22.3 Å². The molecule has 0 radical (unpaired) electrons. The van der Waals surface area contributed by atoms with Crippen LogP contribution in [0.1, 0.15) is 23.2 Å². The summed E-state index contributed by atoms with van der Waals surface area (Å²) < 4.78 is 0.692.